The number of likely N-dealkylation sites (tertiary alicyclic amines) is 1. The topological polar surface area (TPSA) is 94.8 Å². The molecule has 1 saturated carbocycles. The van der Waals surface area contributed by atoms with E-state index in [1.807, 2.05) is 0 Å². The third-order valence-corrected chi connectivity index (χ3v) is 4.87. The molecule has 0 aromatic rings. The number of hydrogen-bond donors (Lipinski definition) is 1. The first-order chi connectivity index (χ1) is 10.2. The molecule has 2 heterocycles. The molecule has 114 valence electrons. The average Bonchev–Trinajstić information content (AvgIpc) is 3.21. The molecule has 0 spiro atoms. The summed E-state index contributed by atoms with van der Waals surface area (Å²) in [5.41, 5.74) is 0. The van der Waals surface area contributed by atoms with Crippen molar-refractivity contribution in [2.75, 3.05) is 19.7 Å². The lowest BCUT2D eigenvalue weighted by Crippen LogP contribution is -2.53. The van der Waals surface area contributed by atoms with Crippen LogP contribution in [0.1, 0.15) is 25.7 Å². The summed E-state index contributed by atoms with van der Waals surface area (Å²) in [4.78, 5) is 24.4. The number of nitrogens with zero attached hydrogens (tertiary/aromatic N) is 3. The van der Waals surface area contributed by atoms with E-state index in [0.717, 1.165) is 25.7 Å². The van der Waals surface area contributed by atoms with Gasteiger partial charge in [-0.05, 0) is 31.6 Å². The lowest BCUT2D eigenvalue weighted by atomic mass is 9.97. The van der Waals surface area contributed by atoms with Gasteiger partial charge in [-0.3, -0.25) is 4.79 Å². The molecule has 0 unspecified atom stereocenters. The molecule has 3 rings (SSSR count). The first-order valence-electron chi connectivity index (χ1n) is 7.61. The van der Waals surface area contributed by atoms with Gasteiger partial charge in [0.15, 0.2) is 0 Å². The minimum absolute atomic E-state index is 0.0690. The lowest BCUT2D eigenvalue weighted by molar-refractivity contribution is -0.135. The predicted octanol–water partition coefficient (Wildman–Crippen LogP) is 0.403. The first kappa shape index (κ1) is 14.4. The number of fused-ring (bicyclic) bond motifs is 2. The van der Waals surface area contributed by atoms with Gasteiger partial charge in [0.05, 0.1) is 24.8 Å². The third kappa shape index (κ3) is 2.65. The van der Waals surface area contributed by atoms with Gasteiger partial charge < -0.3 is 15.0 Å². The Hall–Kier alpha value is -1.52. The standard InChI is InChI=1S/C14H20N4O3/c15-8-10-2-1-4-18(10)14(19)13-9-6-11(17-13)12(7-9)21-5-3-16-20/h9-13,17H,1-7H2/t9-,10-,11+,12+,13-/m0/s1. The van der Waals surface area contributed by atoms with Crippen LogP contribution in [-0.4, -0.2) is 54.7 Å². The zero-order valence-electron chi connectivity index (χ0n) is 11.9. The maximum atomic E-state index is 12.6. The Labute approximate surface area is 123 Å². The average molecular weight is 292 g/mol. The highest BCUT2D eigenvalue weighted by molar-refractivity contribution is 5.83. The molecule has 7 nitrogen and oxygen atoms in total. The van der Waals surface area contributed by atoms with Gasteiger partial charge in [0.2, 0.25) is 5.91 Å². The van der Waals surface area contributed by atoms with E-state index in [4.69, 9.17) is 10.00 Å². The summed E-state index contributed by atoms with van der Waals surface area (Å²) in [6, 6.07) is 1.96. The second kappa shape index (κ2) is 6.08. The smallest absolute Gasteiger partial charge is 0.241 e. The number of nitrogens with one attached hydrogen (secondary N) is 1. The van der Waals surface area contributed by atoms with Gasteiger partial charge in [-0.1, -0.05) is 5.18 Å². The molecule has 0 radical (unpaired) electrons. The summed E-state index contributed by atoms with van der Waals surface area (Å²) in [6.07, 6.45) is 3.55. The molecule has 2 bridgehead atoms. The fraction of sp³-hybridized carbons (Fsp3) is 0.857. The monoisotopic (exact) mass is 292 g/mol. The van der Waals surface area contributed by atoms with E-state index in [2.05, 4.69) is 16.6 Å². The van der Waals surface area contributed by atoms with Crippen LogP contribution in [-0.2, 0) is 9.53 Å². The molecular formula is C14H20N4O3. The van der Waals surface area contributed by atoms with E-state index in [1.54, 1.807) is 4.90 Å². The van der Waals surface area contributed by atoms with Crippen LogP contribution < -0.4 is 5.32 Å². The largest absolute Gasteiger partial charge is 0.375 e. The minimum atomic E-state index is -0.260. The Morgan fingerprint density at radius 1 is 1.48 bits per heavy atom. The van der Waals surface area contributed by atoms with Gasteiger partial charge >= 0.3 is 0 Å². The van der Waals surface area contributed by atoms with E-state index in [0.29, 0.717) is 13.2 Å². The lowest BCUT2D eigenvalue weighted by Gasteiger charge is -2.32. The summed E-state index contributed by atoms with van der Waals surface area (Å²) >= 11 is 0. The highest BCUT2D eigenvalue weighted by Crippen LogP contribution is 2.38. The maximum absolute atomic E-state index is 12.6. The van der Waals surface area contributed by atoms with E-state index in [-0.39, 0.29) is 42.6 Å². The quantitative estimate of drug-likeness (QED) is 0.584. The fourth-order valence-electron chi connectivity index (χ4n) is 3.89. The van der Waals surface area contributed by atoms with E-state index in [1.165, 1.54) is 0 Å². The highest BCUT2D eigenvalue weighted by Gasteiger charge is 2.50. The van der Waals surface area contributed by atoms with Crippen LogP contribution in [0.3, 0.4) is 0 Å². The van der Waals surface area contributed by atoms with Crippen molar-refractivity contribution in [1.29, 1.82) is 5.26 Å². The normalized spacial score (nSPS) is 37.7. The molecular weight excluding hydrogens is 272 g/mol. The molecule has 2 aliphatic heterocycles. The van der Waals surface area contributed by atoms with Crippen molar-refractivity contribution in [1.82, 2.24) is 10.2 Å². The first-order valence-corrected chi connectivity index (χ1v) is 7.61. The number of nitriles is 1. The molecule has 1 aliphatic carbocycles. The summed E-state index contributed by atoms with van der Waals surface area (Å²) in [5.74, 6) is 0.344. The van der Waals surface area contributed by atoms with Gasteiger partial charge in [0.1, 0.15) is 12.6 Å². The van der Waals surface area contributed by atoms with Gasteiger partial charge in [0, 0.05) is 12.6 Å². The Balaban J connectivity index is 1.55. The van der Waals surface area contributed by atoms with Crippen LogP contribution in [0.5, 0.6) is 0 Å². The summed E-state index contributed by atoms with van der Waals surface area (Å²) in [7, 11) is 0. The number of carbonyl (C=O) groups is 1. The third-order valence-electron chi connectivity index (χ3n) is 4.87. The Morgan fingerprint density at radius 3 is 3.00 bits per heavy atom. The van der Waals surface area contributed by atoms with Crippen molar-refractivity contribution in [3.05, 3.63) is 4.91 Å². The van der Waals surface area contributed by atoms with Crippen molar-refractivity contribution in [2.45, 2.75) is 49.9 Å². The SMILES string of the molecule is N#C[C@@H]1CCCN1C(=O)[C@H]1N[C@@H]2C[C@H]1C[C@H]2OCCN=O. The number of amides is 1. The number of nitroso groups, excluding NO2 is 1. The molecule has 2 saturated heterocycles. The van der Waals surface area contributed by atoms with E-state index in [9.17, 15) is 9.70 Å². The van der Waals surface area contributed by atoms with Crippen LogP contribution in [0.2, 0.25) is 0 Å². The number of ether oxygens (including phenoxy) is 1. The summed E-state index contributed by atoms with van der Waals surface area (Å²) in [6.45, 7) is 1.21. The van der Waals surface area contributed by atoms with Crippen molar-refractivity contribution >= 4 is 5.91 Å². The molecule has 5 atom stereocenters. The fourth-order valence-corrected chi connectivity index (χ4v) is 3.89. The second-order valence-corrected chi connectivity index (χ2v) is 6.06. The number of carbonyl (C=O) groups excluding carboxylic acids is 1. The van der Waals surface area contributed by atoms with E-state index < -0.39 is 0 Å². The number of hydrogen-bond acceptors (Lipinski definition) is 6. The van der Waals surface area contributed by atoms with Crippen LogP contribution in [0, 0.1) is 22.2 Å². The zero-order chi connectivity index (χ0) is 14.8. The van der Waals surface area contributed by atoms with Crippen LogP contribution in [0.4, 0.5) is 0 Å². The summed E-state index contributed by atoms with van der Waals surface area (Å²) in [5, 5.41) is 15.2. The van der Waals surface area contributed by atoms with Crippen molar-refractivity contribution in [3.8, 4) is 6.07 Å². The molecule has 3 fully saturated rings. The van der Waals surface area contributed by atoms with Crippen molar-refractivity contribution < 1.29 is 9.53 Å². The molecule has 21 heavy (non-hydrogen) atoms. The summed E-state index contributed by atoms with van der Waals surface area (Å²) < 4.78 is 5.64. The maximum Gasteiger partial charge on any atom is 0.241 e. The highest BCUT2D eigenvalue weighted by atomic mass is 16.5. The second-order valence-electron chi connectivity index (χ2n) is 6.06. The van der Waals surface area contributed by atoms with Gasteiger partial charge in [-0.15, -0.1) is 0 Å². The van der Waals surface area contributed by atoms with Crippen molar-refractivity contribution in [3.63, 3.8) is 0 Å². The van der Waals surface area contributed by atoms with Gasteiger partial charge in [-0.2, -0.15) is 10.2 Å². The molecule has 0 aromatic carbocycles. The number of rotatable bonds is 5. The van der Waals surface area contributed by atoms with Crippen LogP contribution in [0.25, 0.3) is 0 Å². The zero-order valence-corrected chi connectivity index (χ0v) is 11.9. The van der Waals surface area contributed by atoms with Gasteiger partial charge in [-0.25, -0.2) is 0 Å². The molecule has 1 amide bonds. The number of piperidine rings is 1. The van der Waals surface area contributed by atoms with Crippen molar-refractivity contribution in [2.24, 2.45) is 11.1 Å². The Bertz CT molecular complexity index is 464. The molecule has 0 aromatic heterocycles. The van der Waals surface area contributed by atoms with Gasteiger partial charge in [0.25, 0.3) is 0 Å². The molecule has 7 heteroatoms. The molecule has 1 N–H and O–H groups in total. The van der Waals surface area contributed by atoms with E-state index >= 15 is 0 Å². The Kier molecular flexibility index (Phi) is 4.17. The Morgan fingerprint density at radius 2 is 2.33 bits per heavy atom. The minimum Gasteiger partial charge on any atom is -0.375 e. The van der Waals surface area contributed by atoms with Crippen LogP contribution in [0.15, 0.2) is 5.18 Å². The molecule has 3 aliphatic rings. The van der Waals surface area contributed by atoms with Crippen LogP contribution >= 0.6 is 0 Å². The predicted molar refractivity (Wildman–Crippen MR) is 74.2 cm³/mol.